The molecular weight excluding hydrogens is 214 g/mol. The SMILES string of the molecule is Cc1nc(CC2CCCO2)nc2c1CCNC2. The summed E-state index contributed by atoms with van der Waals surface area (Å²) in [6.45, 7) is 4.93. The van der Waals surface area contributed by atoms with E-state index in [2.05, 4.69) is 22.2 Å². The highest BCUT2D eigenvalue weighted by molar-refractivity contribution is 5.27. The van der Waals surface area contributed by atoms with Crippen LogP contribution in [0.3, 0.4) is 0 Å². The van der Waals surface area contributed by atoms with E-state index in [1.54, 1.807) is 0 Å². The first kappa shape index (κ1) is 11.1. The number of ether oxygens (including phenoxy) is 1. The Balaban J connectivity index is 1.82. The number of fused-ring (bicyclic) bond motifs is 1. The van der Waals surface area contributed by atoms with E-state index < -0.39 is 0 Å². The van der Waals surface area contributed by atoms with Gasteiger partial charge >= 0.3 is 0 Å². The summed E-state index contributed by atoms with van der Waals surface area (Å²) in [6, 6.07) is 0. The topological polar surface area (TPSA) is 47.0 Å². The molecule has 0 bridgehead atoms. The molecule has 4 nitrogen and oxygen atoms in total. The summed E-state index contributed by atoms with van der Waals surface area (Å²) >= 11 is 0. The third kappa shape index (κ3) is 2.33. The van der Waals surface area contributed by atoms with E-state index in [9.17, 15) is 0 Å². The molecule has 0 saturated carbocycles. The van der Waals surface area contributed by atoms with E-state index in [1.165, 1.54) is 17.7 Å². The number of aromatic nitrogens is 2. The molecule has 3 rings (SSSR count). The smallest absolute Gasteiger partial charge is 0.131 e. The predicted octanol–water partition coefficient (Wildman–Crippen LogP) is 1.15. The summed E-state index contributed by atoms with van der Waals surface area (Å²) in [5.74, 6) is 0.955. The van der Waals surface area contributed by atoms with Gasteiger partial charge in [0.2, 0.25) is 0 Å². The maximum Gasteiger partial charge on any atom is 0.131 e. The lowest BCUT2D eigenvalue weighted by Gasteiger charge is -2.19. The van der Waals surface area contributed by atoms with Gasteiger partial charge in [-0.2, -0.15) is 0 Å². The van der Waals surface area contributed by atoms with Crippen molar-refractivity contribution in [1.82, 2.24) is 15.3 Å². The van der Waals surface area contributed by atoms with Crippen molar-refractivity contribution in [2.75, 3.05) is 13.2 Å². The lowest BCUT2D eigenvalue weighted by molar-refractivity contribution is 0.109. The van der Waals surface area contributed by atoms with Crippen molar-refractivity contribution in [3.8, 4) is 0 Å². The highest BCUT2D eigenvalue weighted by Crippen LogP contribution is 2.19. The van der Waals surface area contributed by atoms with Crippen molar-refractivity contribution in [3.63, 3.8) is 0 Å². The lowest BCUT2D eigenvalue weighted by atomic mass is 10.0. The van der Waals surface area contributed by atoms with Crippen LogP contribution in [0.2, 0.25) is 0 Å². The van der Waals surface area contributed by atoms with Crippen molar-refractivity contribution >= 4 is 0 Å². The molecule has 2 aliphatic rings. The Morgan fingerprint density at radius 1 is 1.41 bits per heavy atom. The normalized spacial score (nSPS) is 23.7. The van der Waals surface area contributed by atoms with Crippen LogP contribution in [0.4, 0.5) is 0 Å². The lowest BCUT2D eigenvalue weighted by Crippen LogP contribution is -2.27. The molecule has 0 spiro atoms. The standard InChI is InChI=1S/C13H19N3O/c1-9-11-4-5-14-8-12(11)16-13(15-9)7-10-3-2-6-17-10/h10,14H,2-8H2,1H3. The maximum absolute atomic E-state index is 5.65. The number of aryl methyl sites for hydroxylation is 1. The molecule has 1 saturated heterocycles. The number of hydrogen-bond donors (Lipinski definition) is 1. The van der Waals surface area contributed by atoms with Crippen LogP contribution in [0.25, 0.3) is 0 Å². The Morgan fingerprint density at radius 2 is 2.35 bits per heavy atom. The minimum atomic E-state index is 0.337. The van der Waals surface area contributed by atoms with Crippen LogP contribution in [-0.4, -0.2) is 29.2 Å². The molecular formula is C13H19N3O. The van der Waals surface area contributed by atoms with Gasteiger partial charge < -0.3 is 10.1 Å². The minimum Gasteiger partial charge on any atom is -0.378 e. The average Bonchev–Trinajstić information content (AvgIpc) is 2.82. The zero-order valence-corrected chi connectivity index (χ0v) is 10.3. The van der Waals surface area contributed by atoms with Gasteiger partial charge in [0.25, 0.3) is 0 Å². The molecule has 1 N–H and O–H groups in total. The van der Waals surface area contributed by atoms with Gasteiger partial charge in [0.1, 0.15) is 5.82 Å². The molecule has 1 aromatic rings. The van der Waals surface area contributed by atoms with Gasteiger partial charge in [-0.15, -0.1) is 0 Å². The minimum absolute atomic E-state index is 0.337. The van der Waals surface area contributed by atoms with Gasteiger partial charge in [0.05, 0.1) is 11.8 Å². The number of rotatable bonds is 2. The second kappa shape index (κ2) is 4.70. The van der Waals surface area contributed by atoms with E-state index in [1.807, 2.05) is 0 Å². The fourth-order valence-electron chi connectivity index (χ4n) is 2.71. The highest BCUT2D eigenvalue weighted by Gasteiger charge is 2.20. The van der Waals surface area contributed by atoms with E-state index in [-0.39, 0.29) is 0 Å². The van der Waals surface area contributed by atoms with Crippen LogP contribution in [0.1, 0.15) is 35.6 Å². The van der Waals surface area contributed by atoms with Gasteiger partial charge in [0.15, 0.2) is 0 Å². The van der Waals surface area contributed by atoms with Crippen molar-refractivity contribution in [3.05, 3.63) is 22.8 Å². The Hall–Kier alpha value is -1.00. The molecule has 1 fully saturated rings. The zero-order chi connectivity index (χ0) is 11.7. The van der Waals surface area contributed by atoms with Crippen molar-refractivity contribution < 1.29 is 4.74 Å². The predicted molar refractivity (Wildman–Crippen MR) is 64.9 cm³/mol. The van der Waals surface area contributed by atoms with Gasteiger partial charge in [-0.25, -0.2) is 9.97 Å². The summed E-state index contributed by atoms with van der Waals surface area (Å²) in [4.78, 5) is 9.32. The van der Waals surface area contributed by atoms with Crippen LogP contribution in [0, 0.1) is 6.92 Å². The largest absolute Gasteiger partial charge is 0.378 e. The van der Waals surface area contributed by atoms with Gasteiger partial charge in [-0.3, -0.25) is 0 Å². The van der Waals surface area contributed by atoms with Crippen LogP contribution in [0.15, 0.2) is 0 Å². The molecule has 17 heavy (non-hydrogen) atoms. The Bertz CT molecular complexity index is 413. The summed E-state index contributed by atoms with van der Waals surface area (Å²) in [5.41, 5.74) is 3.70. The summed E-state index contributed by atoms with van der Waals surface area (Å²) in [6.07, 6.45) is 4.59. The first-order chi connectivity index (χ1) is 8.33. The monoisotopic (exact) mass is 233 g/mol. The van der Waals surface area contributed by atoms with Crippen molar-refractivity contribution in [2.24, 2.45) is 0 Å². The molecule has 92 valence electrons. The molecule has 0 aromatic carbocycles. The Kier molecular flexibility index (Phi) is 3.07. The third-order valence-electron chi connectivity index (χ3n) is 3.62. The molecule has 4 heteroatoms. The number of nitrogens with one attached hydrogen (secondary N) is 1. The van der Waals surface area contributed by atoms with Crippen LogP contribution in [0.5, 0.6) is 0 Å². The molecule has 0 radical (unpaired) electrons. The second-order valence-electron chi connectivity index (χ2n) is 4.92. The molecule has 3 heterocycles. The Labute approximate surface area is 102 Å². The molecule has 1 aromatic heterocycles. The number of nitrogens with zero attached hydrogens (tertiary/aromatic N) is 2. The van der Waals surface area contributed by atoms with E-state index in [0.29, 0.717) is 6.10 Å². The molecule has 0 amide bonds. The quantitative estimate of drug-likeness (QED) is 0.832. The highest BCUT2D eigenvalue weighted by atomic mass is 16.5. The van der Waals surface area contributed by atoms with Gasteiger partial charge in [-0.1, -0.05) is 0 Å². The second-order valence-corrected chi connectivity index (χ2v) is 4.92. The maximum atomic E-state index is 5.65. The van der Waals surface area contributed by atoms with Crippen molar-refractivity contribution in [1.29, 1.82) is 0 Å². The van der Waals surface area contributed by atoms with Crippen LogP contribution < -0.4 is 5.32 Å². The first-order valence-corrected chi connectivity index (χ1v) is 6.50. The van der Waals surface area contributed by atoms with Crippen molar-refractivity contribution in [2.45, 2.75) is 45.3 Å². The third-order valence-corrected chi connectivity index (χ3v) is 3.62. The molecule has 0 aliphatic carbocycles. The molecule has 1 atom stereocenters. The van der Waals surface area contributed by atoms with Gasteiger partial charge in [-0.05, 0) is 38.3 Å². The summed E-state index contributed by atoms with van der Waals surface area (Å²) < 4.78 is 5.65. The zero-order valence-electron chi connectivity index (χ0n) is 10.3. The van der Waals surface area contributed by atoms with Gasteiger partial charge in [0, 0.05) is 25.3 Å². The molecule has 2 aliphatic heterocycles. The van der Waals surface area contributed by atoms with E-state index >= 15 is 0 Å². The fourth-order valence-corrected chi connectivity index (χ4v) is 2.71. The fraction of sp³-hybridized carbons (Fsp3) is 0.692. The van der Waals surface area contributed by atoms with Crippen LogP contribution in [-0.2, 0) is 24.1 Å². The summed E-state index contributed by atoms with van der Waals surface area (Å²) in [5, 5.41) is 3.37. The van der Waals surface area contributed by atoms with Crippen LogP contribution >= 0.6 is 0 Å². The first-order valence-electron chi connectivity index (χ1n) is 6.50. The summed E-state index contributed by atoms with van der Waals surface area (Å²) in [7, 11) is 0. The van der Waals surface area contributed by atoms with E-state index in [0.717, 1.165) is 50.5 Å². The molecule has 1 unspecified atom stereocenters. The number of hydrogen-bond acceptors (Lipinski definition) is 4. The average molecular weight is 233 g/mol. The van der Waals surface area contributed by atoms with E-state index in [4.69, 9.17) is 4.74 Å². The Morgan fingerprint density at radius 3 is 3.18 bits per heavy atom.